The van der Waals surface area contributed by atoms with Gasteiger partial charge in [0.25, 0.3) is 0 Å². The van der Waals surface area contributed by atoms with E-state index in [4.69, 9.17) is 0 Å². The van der Waals surface area contributed by atoms with Crippen LogP contribution in [0.3, 0.4) is 0 Å². The van der Waals surface area contributed by atoms with Crippen molar-refractivity contribution in [3.63, 3.8) is 0 Å². The molecule has 5 rings (SSSR count). The van der Waals surface area contributed by atoms with Crippen molar-refractivity contribution < 1.29 is 9.59 Å². The number of rotatable bonds is 6. The minimum absolute atomic E-state index is 0.119. The Balaban J connectivity index is 1.31. The average molecular weight is 429 g/mol. The summed E-state index contributed by atoms with van der Waals surface area (Å²) >= 11 is 0. The van der Waals surface area contributed by atoms with E-state index in [0.29, 0.717) is 25.9 Å². The molecule has 32 heavy (non-hydrogen) atoms. The minimum atomic E-state index is -0.416. The first-order chi connectivity index (χ1) is 15.7. The highest BCUT2D eigenvalue weighted by atomic mass is 16.2. The minimum Gasteiger partial charge on any atom is -0.354 e. The van der Waals surface area contributed by atoms with Crippen LogP contribution in [0.15, 0.2) is 55.5 Å². The molecule has 4 aromatic rings. The highest BCUT2D eigenvalue weighted by molar-refractivity contribution is 5.97. The summed E-state index contributed by atoms with van der Waals surface area (Å²) in [6.45, 7) is 4.58. The molecule has 1 aliphatic heterocycles. The fourth-order valence-electron chi connectivity index (χ4n) is 4.35. The van der Waals surface area contributed by atoms with Crippen molar-refractivity contribution in [3.8, 4) is 11.1 Å². The number of H-pyrrole nitrogens is 1. The van der Waals surface area contributed by atoms with E-state index in [-0.39, 0.29) is 11.8 Å². The lowest BCUT2D eigenvalue weighted by molar-refractivity contribution is -0.135. The molecule has 1 saturated heterocycles. The molecule has 162 valence electrons. The lowest BCUT2D eigenvalue weighted by Crippen LogP contribution is -2.45. The van der Waals surface area contributed by atoms with Crippen LogP contribution < -0.4 is 5.32 Å². The van der Waals surface area contributed by atoms with Crippen LogP contribution in [0.5, 0.6) is 0 Å². The number of aromatic amines is 1. The van der Waals surface area contributed by atoms with Gasteiger partial charge in [0, 0.05) is 48.5 Å². The Morgan fingerprint density at radius 1 is 1.25 bits per heavy atom. The number of aromatic nitrogens is 5. The van der Waals surface area contributed by atoms with Crippen LogP contribution in [0.25, 0.3) is 27.7 Å². The third-order valence-electron chi connectivity index (χ3n) is 5.89. The summed E-state index contributed by atoms with van der Waals surface area (Å²) in [6, 6.07) is 7.48. The van der Waals surface area contributed by atoms with E-state index in [1.165, 1.54) is 6.08 Å². The van der Waals surface area contributed by atoms with Gasteiger partial charge in [-0.3, -0.25) is 9.59 Å². The third kappa shape index (κ3) is 3.51. The van der Waals surface area contributed by atoms with Gasteiger partial charge in [-0.05, 0) is 48.7 Å². The maximum Gasteiger partial charge on any atom is 0.246 e. The van der Waals surface area contributed by atoms with Gasteiger partial charge in [-0.25, -0.2) is 4.98 Å². The zero-order valence-electron chi connectivity index (χ0n) is 17.5. The molecule has 0 spiro atoms. The smallest absolute Gasteiger partial charge is 0.246 e. The van der Waals surface area contributed by atoms with Gasteiger partial charge in [0.2, 0.25) is 11.8 Å². The summed E-state index contributed by atoms with van der Waals surface area (Å²) in [4.78, 5) is 33.9. The molecular weight excluding hydrogens is 406 g/mol. The molecule has 1 unspecified atom stereocenters. The van der Waals surface area contributed by atoms with Crippen LogP contribution in [0.4, 0.5) is 0 Å². The molecule has 0 radical (unpaired) electrons. The highest BCUT2D eigenvalue weighted by Crippen LogP contribution is 2.30. The van der Waals surface area contributed by atoms with Gasteiger partial charge in [-0.15, -0.1) is 0 Å². The first-order valence-corrected chi connectivity index (χ1v) is 10.6. The van der Waals surface area contributed by atoms with Crippen LogP contribution in [0, 0.1) is 0 Å². The summed E-state index contributed by atoms with van der Waals surface area (Å²) in [7, 11) is 0. The van der Waals surface area contributed by atoms with Gasteiger partial charge in [0.05, 0.1) is 11.7 Å². The van der Waals surface area contributed by atoms with Crippen molar-refractivity contribution in [1.29, 1.82) is 0 Å². The second-order valence-corrected chi connectivity index (χ2v) is 7.81. The van der Waals surface area contributed by atoms with Crippen molar-refractivity contribution in [2.45, 2.75) is 25.3 Å². The van der Waals surface area contributed by atoms with Gasteiger partial charge < -0.3 is 15.2 Å². The number of carbonyl (C=O) groups is 2. The largest absolute Gasteiger partial charge is 0.354 e. The zero-order valence-corrected chi connectivity index (χ0v) is 17.5. The molecule has 2 N–H and O–H groups in total. The molecule has 0 bridgehead atoms. The number of likely N-dealkylation sites (tertiary alicyclic amines) is 1. The zero-order chi connectivity index (χ0) is 22.1. The summed E-state index contributed by atoms with van der Waals surface area (Å²) in [5, 5.41) is 12.5. The number of nitrogens with one attached hydrogen (secondary N) is 2. The molecule has 9 nitrogen and oxygen atoms in total. The lowest BCUT2D eigenvalue weighted by atomic mass is 10.1. The fourth-order valence-corrected chi connectivity index (χ4v) is 4.35. The Labute approximate surface area is 184 Å². The Hall–Kier alpha value is -4.01. The monoisotopic (exact) mass is 429 g/mol. The van der Waals surface area contributed by atoms with E-state index in [2.05, 4.69) is 38.1 Å². The second kappa shape index (κ2) is 8.26. The van der Waals surface area contributed by atoms with Gasteiger partial charge >= 0.3 is 0 Å². The standard InChI is InChI=1S/C23H23N7O2/c1-2-21(31)29-12-4-6-20(29)23(32)25-10-7-15-13-17-16(8-11-24-22(17)28-15)18-14-27-30-19(18)5-3-9-26-30/h2-3,5,8-9,11,13-14,20H,1,4,6-7,10,12H2,(H,24,28)(H,25,32). The molecule has 0 aliphatic carbocycles. The number of nitrogens with zero attached hydrogens (tertiary/aromatic N) is 5. The van der Waals surface area contributed by atoms with E-state index < -0.39 is 6.04 Å². The molecule has 4 aromatic heterocycles. The highest BCUT2D eigenvalue weighted by Gasteiger charge is 2.32. The average Bonchev–Trinajstić information content (AvgIpc) is 3.55. The number of carbonyl (C=O) groups excluding carboxylic acids is 2. The SMILES string of the molecule is C=CC(=O)N1CCCC1C(=O)NCCc1cc2c(-c3cnn4ncccc34)ccnc2[nH]1. The summed E-state index contributed by atoms with van der Waals surface area (Å²) in [5.41, 5.74) is 4.68. The summed E-state index contributed by atoms with van der Waals surface area (Å²) < 4.78 is 1.61. The van der Waals surface area contributed by atoms with Crippen molar-refractivity contribution in [3.05, 3.63) is 61.2 Å². The Bertz CT molecular complexity index is 1320. The normalized spacial score (nSPS) is 16.0. The predicted octanol–water partition coefficient (Wildman–Crippen LogP) is 2.11. The van der Waals surface area contributed by atoms with Gasteiger partial charge in [-0.1, -0.05) is 6.58 Å². The van der Waals surface area contributed by atoms with Crippen LogP contribution >= 0.6 is 0 Å². The maximum atomic E-state index is 12.6. The number of fused-ring (bicyclic) bond motifs is 2. The van der Waals surface area contributed by atoms with E-state index in [1.807, 2.05) is 24.4 Å². The molecule has 0 saturated carbocycles. The number of hydrogen-bond donors (Lipinski definition) is 2. The third-order valence-corrected chi connectivity index (χ3v) is 5.89. The first-order valence-electron chi connectivity index (χ1n) is 10.6. The first kappa shape index (κ1) is 19.9. The second-order valence-electron chi connectivity index (χ2n) is 7.81. The van der Waals surface area contributed by atoms with E-state index in [0.717, 1.165) is 39.8 Å². The van der Waals surface area contributed by atoms with Crippen molar-refractivity contribution in [2.24, 2.45) is 0 Å². The van der Waals surface area contributed by atoms with Crippen LogP contribution in [0.1, 0.15) is 18.5 Å². The molecule has 1 fully saturated rings. The van der Waals surface area contributed by atoms with Gasteiger partial charge in [-0.2, -0.15) is 14.8 Å². The quantitative estimate of drug-likeness (QED) is 0.457. The molecule has 5 heterocycles. The van der Waals surface area contributed by atoms with E-state index >= 15 is 0 Å². The summed E-state index contributed by atoms with van der Waals surface area (Å²) in [6.07, 6.45) is 8.67. The van der Waals surface area contributed by atoms with Crippen molar-refractivity contribution in [1.82, 2.24) is 35.0 Å². The van der Waals surface area contributed by atoms with E-state index in [1.54, 1.807) is 21.9 Å². The van der Waals surface area contributed by atoms with Crippen LogP contribution in [-0.4, -0.2) is 60.6 Å². The molecule has 9 heteroatoms. The Morgan fingerprint density at radius 2 is 2.16 bits per heavy atom. The van der Waals surface area contributed by atoms with Gasteiger partial charge in [0.1, 0.15) is 11.7 Å². The molecule has 1 atom stereocenters. The lowest BCUT2D eigenvalue weighted by Gasteiger charge is -2.22. The topological polar surface area (TPSA) is 108 Å². The van der Waals surface area contributed by atoms with Crippen molar-refractivity contribution >= 4 is 28.4 Å². The Morgan fingerprint density at radius 3 is 3.03 bits per heavy atom. The van der Waals surface area contributed by atoms with Crippen LogP contribution in [0.2, 0.25) is 0 Å². The molecule has 2 amide bonds. The van der Waals surface area contributed by atoms with E-state index in [9.17, 15) is 9.59 Å². The van der Waals surface area contributed by atoms with Crippen LogP contribution in [-0.2, 0) is 16.0 Å². The van der Waals surface area contributed by atoms with Crippen molar-refractivity contribution in [2.75, 3.05) is 13.1 Å². The van der Waals surface area contributed by atoms with Gasteiger partial charge in [0.15, 0.2) is 0 Å². The molecule has 0 aromatic carbocycles. The number of pyridine rings is 1. The predicted molar refractivity (Wildman–Crippen MR) is 120 cm³/mol. The number of amides is 2. The molecule has 1 aliphatic rings. The Kier molecular flexibility index (Phi) is 5.14. The fraction of sp³-hybridized carbons (Fsp3) is 0.261. The summed E-state index contributed by atoms with van der Waals surface area (Å²) in [5.74, 6) is -0.314. The number of hydrogen-bond acceptors (Lipinski definition) is 5. The maximum absolute atomic E-state index is 12.6. The molecular formula is C23H23N7O2.